The van der Waals surface area contributed by atoms with E-state index in [0.29, 0.717) is 5.56 Å². The van der Waals surface area contributed by atoms with E-state index in [0.717, 1.165) is 11.1 Å². The van der Waals surface area contributed by atoms with Gasteiger partial charge in [-0.25, -0.2) is 0 Å². The van der Waals surface area contributed by atoms with Crippen molar-refractivity contribution < 1.29 is 4.79 Å². The molecule has 86 valence electrons. The molecule has 0 saturated carbocycles. The van der Waals surface area contributed by atoms with Crippen molar-refractivity contribution in [2.75, 3.05) is 0 Å². The molecule has 0 amide bonds. The Balaban J connectivity index is 2.23. The second-order valence-electron chi connectivity index (χ2n) is 4.00. The van der Waals surface area contributed by atoms with Gasteiger partial charge in [0, 0.05) is 5.56 Å². The van der Waals surface area contributed by atoms with Crippen molar-refractivity contribution in [3.63, 3.8) is 0 Å². The van der Waals surface area contributed by atoms with Crippen molar-refractivity contribution in [2.24, 2.45) is 0 Å². The number of alkyl halides is 1. The van der Waals surface area contributed by atoms with Crippen LogP contribution in [-0.2, 0) is 0 Å². The normalized spacial score (nSPS) is 12.1. The van der Waals surface area contributed by atoms with Gasteiger partial charge in [-0.1, -0.05) is 60.2 Å². The van der Waals surface area contributed by atoms with Crippen molar-refractivity contribution in [1.82, 2.24) is 0 Å². The third kappa shape index (κ3) is 2.75. The van der Waals surface area contributed by atoms with Crippen LogP contribution < -0.4 is 0 Å². The van der Waals surface area contributed by atoms with E-state index in [9.17, 15) is 4.79 Å². The van der Waals surface area contributed by atoms with Gasteiger partial charge in [0.25, 0.3) is 0 Å². The van der Waals surface area contributed by atoms with Crippen molar-refractivity contribution in [3.05, 3.63) is 71.3 Å². The lowest BCUT2D eigenvalue weighted by atomic mass is 10.0. The molecule has 0 fully saturated rings. The summed E-state index contributed by atoms with van der Waals surface area (Å²) in [6.07, 6.45) is 0. The number of hydrogen-bond donors (Lipinski definition) is 0. The summed E-state index contributed by atoms with van der Waals surface area (Å²) in [6.45, 7) is 1.99. The number of aryl methyl sites for hydroxylation is 1. The Hall–Kier alpha value is -1.60. The van der Waals surface area contributed by atoms with Crippen LogP contribution >= 0.6 is 11.6 Å². The summed E-state index contributed by atoms with van der Waals surface area (Å²) >= 11 is 6.18. The molecule has 0 aliphatic heterocycles. The quantitative estimate of drug-likeness (QED) is 0.585. The Morgan fingerprint density at radius 2 is 1.59 bits per heavy atom. The summed E-state index contributed by atoms with van der Waals surface area (Å²) in [7, 11) is 0. The lowest BCUT2D eigenvalue weighted by molar-refractivity contribution is 0.0987. The first-order chi connectivity index (χ1) is 8.18. The molecule has 2 rings (SSSR count). The predicted octanol–water partition coefficient (Wildman–Crippen LogP) is 4.16. The smallest absolute Gasteiger partial charge is 0.185 e. The van der Waals surface area contributed by atoms with Crippen molar-refractivity contribution >= 4 is 17.4 Å². The number of rotatable bonds is 3. The van der Waals surface area contributed by atoms with Crippen molar-refractivity contribution in [2.45, 2.75) is 12.3 Å². The van der Waals surface area contributed by atoms with Gasteiger partial charge in [-0.2, -0.15) is 0 Å². The second-order valence-corrected chi connectivity index (χ2v) is 4.44. The summed E-state index contributed by atoms with van der Waals surface area (Å²) in [5.74, 6) is -0.0575. The van der Waals surface area contributed by atoms with Gasteiger partial charge in [-0.05, 0) is 12.5 Å². The van der Waals surface area contributed by atoms with Crippen molar-refractivity contribution in [1.29, 1.82) is 0 Å². The van der Waals surface area contributed by atoms with Gasteiger partial charge in [0.2, 0.25) is 0 Å². The highest BCUT2D eigenvalue weighted by molar-refractivity contribution is 6.33. The molecule has 0 bridgehead atoms. The summed E-state index contributed by atoms with van der Waals surface area (Å²) in [5.41, 5.74) is 2.62. The van der Waals surface area contributed by atoms with Crippen LogP contribution in [-0.4, -0.2) is 5.78 Å². The summed E-state index contributed by atoms with van der Waals surface area (Å²) in [4.78, 5) is 12.1. The van der Waals surface area contributed by atoms with E-state index in [-0.39, 0.29) is 5.78 Å². The fraction of sp³-hybridized carbons (Fsp3) is 0.133. The third-order valence-corrected chi connectivity index (χ3v) is 3.11. The molecule has 0 saturated heterocycles. The predicted molar refractivity (Wildman–Crippen MR) is 70.5 cm³/mol. The van der Waals surface area contributed by atoms with Crippen LogP contribution in [0.3, 0.4) is 0 Å². The van der Waals surface area contributed by atoms with Gasteiger partial charge >= 0.3 is 0 Å². The highest BCUT2D eigenvalue weighted by atomic mass is 35.5. The molecule has 0 radical (unpaired) electrons. The van der Waals surface area contributed by atoms with E-state index in [1.54, 1.807) is 0 Å². The first-order valence-electron chi connectivity index (χ1n) is 5.48. The maximum Gasteiger partial charge on any atom is 0.185 e. The molecule has 17 heavy (non-hydrogen) atoms. The third-order valence-electron chi connectivity index (χ3n) is 2.66. The topological polar surface area (TPSA) is 17.1 Å². The fourth-order valence-corrected chi connectivity index (χ4v) is 1.91. The van der Waals surface area contributed by atoms with E-state index in [1.165, 1.54) is 0 Å². The molecule has 0 aliphatic rings. The SMILES string of the molecule is Cc1ccc(C(=O)C(Cl)c2ccccc2)cc1. The maximum absolute atomic E-state index is 12.1. The summed E-state index contributed by atoms with van der Waals surface area (Å²) in [6, 6.07) is 16.9. The zero-order chi connectivity index (χ0) is 12.3. The average molecular weight is 245 g/mol. The van der Waals surface area contributed by atoms with E-state index in [4.69, 9.17) is 11.6 Å². The highest BCUT2D eigenvalue weighted by Crippen LogP contribution is 2.24. The lowest BCUT2D eigenvalue weighted by Crippen LogP contribution is -2.07. The van der Waals surface area contributed by atoms with E-state index >= 15 is 0 Å². The molecular weight excluding hydrogens is 232 g/mol. The minimum atomic E-state index is -0.612. The number of benzene rings is 2. The standard InChI is InChI=1S/C15H13ClO/c1-11-7-9-13(10-8-11)15(17)14(16)12-5-3-2-4-6-12/h2-10,14H,1H3. The number of carbonyl (C=O) groups is 1. The number of Topliss-reactive ketones (excluding diaryl/α,β-unsaturated/α-hetero) is 1. The molecular formula is C15H13ClO. The Morgan fingerprint density at radius 3 is 2.18 bits per heavy atom. The van der Waals surface area contributed by atoms with Crippen LogP contribution in [0.25, 0.3) is 0 Å². The molecule has 2 heteroatoms. The van der Waals surface area contributed by atoms with Crippen LogP contribution in [0.5, 0.6) is 0 Å². The molecule has 2 aromatic carbocycles. The molecule has 0 heterocycles. The minimum absolute atomic E-state index is 0.0575. The molecule has 0 aliphatic carbocycles. The number of carbonyl (C=O) groups excluding carboxylic acids is 1. The molecule has 2 aromatic rings. The van der Waals surface area contributed by atoms with E-state index in [2.05, 4.69) is 0 Å². The molecule has 1 atom stereocenters. The minimum Gasteiger partial charge on any atom is -0.292 e. The average Bonchev–Trinajstić information content (AvgIpc) is 2.39. The molecule has 0 spiro atoms. The lowest BCUT2D eigenvalue weighted by Gasteiger charge is -2.08. The first-order valence-corrected chi connectivity index (χ1v) is 5.92. The Bertz CT molecular complexity index is 502. The summed E-state index contributed by atoms with van der Waals surface area (Å²) in [5, 5.41) is -0.612. The number of hydrogen-bond acceptors (Lipinski definition) is 1. The van der Waals surface area contributed by atoms with Crippen LogP contribution in [0, 0.1) is 6.92 Å². The van der Waals surface area contributed by atoms with Gasteiger partial charge in [0.05, 0.1) is 0 Å². The molecule has 0 N–H and O–H groups in total. The first kappa shape index (κ1) is 11.9. The Morgan fingerprint density at radius 1 is 1.00 bits per heavy atom. The van der Waals surface area contributed by atoms with Gasteiger partial charge in [-0.3, -0.25) is 4.79 Å². The monoisotopic (exact) mass is 244 g/mol. The van der Waals surface area contributed by atoms with Gasteiger partial charge in [0.15, 0.2) is 5.78 Å². The maximum atomic E-state index is 12.1. The zero-order valence-electron chi connectivity index (χ0n) is 9.56. The van der Waals surface area contributed by atoms with E-state index < -0.39 is 5.38 Å². The van der Waals surface area contributed by atoms with E-state index in [1.807, 2.05) is 61.5 Å². The summed E-state index contributed by atoms with van der Waals surface area (Å²) < 4.78 is 0. The van der Waals surface area contributed by atoms with Crippen LogP contribution in [0.1, 0.15) is 26.9 Å². The van der Waals surface area contributed by atoms with Gasteiger partial charge in [-0.15, -0.1) is 11.6 Å². The van der Waals surface area contributed by atoms with Crippen LogP contribution in [0.15, 0.2) is 54.6 Å². The number of ketones is 1. The van der Waals surface area contributed by atoms with Gasteiger partial charge in [0.1, 0.15) is 5.38 Å². The Labute approximate surface area is 106 Å². The van der Waals surface area contributed by atoms with Gasteiger partial charge < -0.3 is 0 Å². The highest BCUT2D eigenvalue weighted by Gasteiger charge is 2.18. The van der Waals surface area contributed by atoms with Crippen molar-refractivity contribution in [3.8, 4) is 0 Å². The molecule has 0 aromatic heterocycles. The van der Waals surface area contributed by atoms with Crippen LogP contribution in [0.2, 0.25) is 0 Å². The largest absolute Gasteiger partial charge is 0.292 e. The molecule has 1 unspecified atom stereocenters. The fourth-order valence-electron chi connectivity index (χ4n) is 1.64. The second kappa shape index (κ2) is 5.15. The number of halogens is 1. The molecule has 1 nitrogen and oxygen atoms in total. The zero-order valence-corrected chi connectivity index (χ0v) is 10.3. The Kier molecular flexibility index (Phi) is 3.60. The van der Waals surface area contributed by atoms with Crippen LogP contribution in [0.4, 0.5) is 0 Å².